The van der Waals surface area contributed by atoms with Crippen LogP contribution < -0.4 is 0 Å². The summed E-state index contributed by atoms with van der Waals surface area (Å²) in [6.07, 6.45) is 6.05. The standard InChI is InChI=1S/C10H20O/c1-3-8(2)9-6-4-5-7-10(9)11/h8-11H,3-7H2,1-2H3/t8-,9+,10-/m0/s1. The van der Waals surface area contributed by atoms with Crippen molar-refractivity contribution in [1.82, 2.24) is 0 Å². The first-order chi connectivity index (χ1) is 5.25. The van der Waals surface area contributed by atoms with Gasteiger partial charge in [0.2, 0.25) is 0 Å². The summed E-state index contributed by atoms with van der Waals surface area (Å²) in [6, 6.07) is 0. The zero-order chi connectivity index (χ0) is 8.27. The SMILES string of the molecule is CC[C@H](C)[C@H]1CCCC[C@@H]1O. The highest BCUT2D eigenvalue weighted by molar-refractivity contribution is 4.77. The predicted octanol–water partition coefficient (Wildman–Crippen LogP) is 2.58. The number of aliphatic hydroxyl groups excluding tert-OH is 1. The lowest BCUT2D eigenvalue weighted by Crippen LogP contribution is -2.29. The molecule has 3 atom stereocenters. The average Bonchev–Trinajstić information content (AvgIpc) is 2.04. The Morgan fingerprint density at radius 1 is 1.36 bits per heavy atom. The highest BCUT2D eigenvalue weighted by atomic mass is 16.3. The fraction of sp³-hybridized carbons (Fsp3) is 1.00. The molecule has 0 unspecified atom stereocenters. The summed E-state index contributed by atoms with van der Waals surface area (Å²) >= 11 is 0. The minimum Gasteiger partial charge on any atom is -0.393 e. The van der Waals surface area contributed by atoms with Crippen molar-refractivity contribution >= 4 is 0 Å². The third-order valence-corrected chi connectivity index (χ3v) is 3.16. The van der Waals surface area contributed by atoms with E-state index in [1.165, 1.54) is 25.7 Å². The second-order valence-corrected chi connectivity index (χ2v) is 3.90. The molecule has 0 radical (unpaired) electrons. The summed E-state index contributed by atoms with van der Waals surface area (Å²) < 4.78 is 0. The molecule has 0 aromatic heterocycles. The Labute approximate surface area is 69.8 Å². The van der Waals surface area contributed by atoms with Crippen LogP contribution in [-0.4, -0.2) is 11.2 Å². The minimum absolute atomic E-state index is 0.00120. The molecule has 0 spiro atoms. The molecule has 0 bridgehead atoms. The maximum Gasteiger partial charge on any atom is 0.0570 e. The number of rotatable bonds is 2. The molecular weight excluding hydrogens is 136 g/mol. The molecule has 0 aromatic rings. The molecule has 0 amide bonds. The summed E-state index contributed by atoms with van der Waals surface area (Å²) in [5.41, 5.74) is 0. The molecule has 1 N–H and O–H groups in total. The van der Waals surface area contributed by atoms with Crippen LogP contribution in [0.15, 0.2) is 0 Å². The molecule has 1 saturated carbocycles. The Balaban J connectivity index is 2.40. The zero-order valence-corrected chi connectivity index (χ0v) is 7.71. The van der Waals surface area contributed by atoms with Crippen LogP contribution in [0.25, 0.3) is 0 Å². The van der Waals surface area contributed by atoms with Gasteiger partial charge in [-0.1, -0.05) is 33.1 Å². The second kappa shape index (κ2) is 4.10. The van der Waals surface area contributed by atoms with E-state index in [9.17, 15) is 5.11 Å². The summed E-state index contributed by atoms with van der Waals surface area (Å²) in [7, 11) is 0. The lowest BCUT2D eigenvalue weighted by molar-refractivity contribution is 0.0402. The molecular formula is C10H20O. The monoisotopic (exact) mass is 156 g/mol. The van der Waals surface area contributed by atoms with Gasteiger partial charge in [0.1, 0.15) is 0 Å². The Hall–Kier alpha value is -0.0400. The molecule has 1 aliphatic rings. The first-order valence-corrected chi connectivity index (χ1v) is 4.93. The van der Waals surface area contributed by atoms with Gasteiger partial charge >= 0.3 is 0 Å². The molecule has 0 heterocycles. The third kappa shape index (κ3) is 2.19. The minimum atomic E-state index is -0.00120. The molecule has 1 aliphatic carbocycles. The molecule has 1 nitrogen and oxygen atoms in total. The Morgan fingerprint density at radius 2 is 2.00 bits per heavy atom. The van der Waals surface area contributed by atoms with Crippen molar-refractivity contribution < 1.29 is 5.11 Å². The normalized spacial score (nSPS) is 35.2. The van der Waals surface area contributed by atoms with Crippen LogP contribution in [-0.2, 0) is 0 Å². The van der Waals surface area contributed by atoms with Crippen molar-refractivity contribution in [2.45, 2.75) is 52.1 Å². The molecule has 1 heteroatoms. The highest BCUT2D eigenvalue weighted by Gasteiger charge is 2.26. The van der Waals surface area contributed by atoms with Gasteiger partial charge in [0.25, 0.3) is 0 Å². The molecule has 0 saturated heterocycles. The van der Waals surface area contributed by atoms with Crippen molar-refractivity contribution in [3.05, 3.63) is 0 Å². The molecule has 11 heavy (non-hydrogen) atoms. The maximum absolute atomic E-state index is 9.67. The number of hydrogen-bond acceptors (Lipinski definition) is 1. The zero-order valence-electron chi connectivity index (χ0n) is 7.71. The van der Waals surface area contributed by atoms with E-state index >= 15 is 0 Å². The van der Waals surface area contributed by atoms with E-state index in [4.69, 9.17) is 0 Å². The van der Waals surface area contributed by atoms with E-state index in [1.807, 2.05) is 0 Å². The molecule has 66 valence electrons. The van der Waals surface area contributed by atoms with Crippen molar-refractivity contribution in [1.29, 1.82) is 0 Å². The van der Waals surface area contributed by atoms with Gasteiger partial charge < -0.3 is 5.11 Å². The Bertz CT molecular complexity index is 107. The highest BCUT2D eigenvalue weighted by Crippen LogP contribution is 2.31. The summed E-state index contributed by atoms with van der Waals surface area (Å²) in [4.78, 5) is 0. The Kier molecular flexibility index (Phi) is 3.38. The van der Waals surface area contributed by atoms with Crippen LogP contribution in [0.5, 0.6) is 0 Å². The first-order valence-electron chi connectivity index (χ1n) is 4.93. The molecule has 1 rings (SSSR count). The van der Waals surface area contributed by atoms with Crippen LogP contribution in [0.4, 0.5) is 0 Å². The van der Waals surface area contributed by atoms with E-state index < -0.39 is 0 Å². The van der Waals surface area contributed by atoms with E-state index in [0.29, 0.717) is 11.8 Å². The van der Waals surface area contributed by atoms with E-state index in [2.05, 4.69) is 13.8 Å². The van der Waals surface area contributed by atoms with Crippen LogP contribution in [0, 0.1) is 11.8 Å². The largest absolute Gasteiger partial charge is 0.393 e. The van der Waals surface area contributed by atoms with E-state index in [-0.39, 0.29) is 6.10 Å². The van der Waals surface area contributed by atoms with Crippen LogP contribution in [0.1, 0.15) is 46.0 Å². The fourth-order valence-corrected chi connectivity index (χ4v) is 2.11. The van der Waals surface area contributed by atoms with Gasteiger partial charge in [-0.05, 0) is 24.7 Å². The van der Waals surface area contributed by atoms with Gasteiger partial charge in [-0.2, -0.15) is 0 Å². The van der Waals surface area contributed by atoms with Gasteiger partial charge in [0.15, 0.2) is 0 Å². The van der Waals surface area contributed by atoms with Crippen molar-refractivity contribution in [3.63, 3.8) is 0 Å². The van der Waals surface area contributed by atoms with Crippen LogP contribution >= 0.6 is 0 Å². The third-order valence-electron chi connectivity index (χ3n) is 3.16. The fourth-order valence-electron chi connectivity index (χ4n) is 2.11. The summed E-state index contributed by atoms with van der Waals surface area (Å²) in [5.74, 6) is 1.30. The van der Waals surface area contributed by atoms with Crippen LogP contribution in [0.2, 0.25) is 0 Å². The smallest absolute Gasteiger partial charge is 0.0570 e. The molecule has 1 fully saturated rings. The molecule has 0 aliphatic heterocycles. The summed E-state index contributed by atoms with van der Waals surface area (Å²) in [6.45, 7) is 4.48. The lowest BCUT2D eigenvalue weighted by atomic mass is 9.78. The second-order valence-electron chi connectivity index (χ2n) is 3.90. The van der Waals surface area contributed by atoms with Gasteiger partial charge in [0.05, 0.1) is 6.10 Å². The number of aliphatic hydroxyl groups is 1. The van der Waals surface area contributed by atoms with Crippen molar-refractivity contribution in [2.75, 3.05) is 0 Å². The first kappa shape index (κ1) is 9.05. The van der Waals surface area contributed by atoms with Gasteiger partial charge in [0, 0.05) is 0 Å². The predicted molar refractivity (Wildman–Crippen MR) is 47.4 cm³/mol. The maximum atomic E-state index is 9.67. The van der Waals surface area contributed by atoms with E-state index in [1.54, 1.807) is 0 Å². The quantitative estimate of drug-likeness (QED) is 0.651. The van der Waals surface area contributed by atoms with Crippen LogP contribution in [0.3, 0.4) is 0 Å². The topological polar surface area (TPSA) is 20.2 Å². The lowest BCUT2D eigenvalue weighted by Gasteiger charge is -2.31. The van der Waals surface area contributed by atoms with Crippen molar-refractivity contribution in [2.24, 2.45) is 11.8 Å². The van der Waals surface area contributed by atoms with Crippen molar-refractivity contribution in [3.8, 4) is 0 Å². The van der Waals surface area contributed by atoms with Gasteiger partial charge in [-0.15, -0.1) is 0 Å². The summed E-state index contributed by atoms with van der Waals surface area (Å²) in [5, 5.41) is 9.67. The van der Waals surface area contributed by atoms with Gasteiger partial charge in [-0.3, -0.25) is 0 Å². The van der Waals surface area contributed by atoms with Gasteiger partial charge in [-0.25, -0.2) is 0 Å². The Morgan fingerprint density at radius 3 is 2.55 bits per heavy atom. The average molecular weight is 156 g/mol. The number of hydrogen-bond donors (Lipinski definition) is 1. The van der Waals surface area contributed by atoms with E-state index in [0.717, 1.165) is 6.42 Å². The molecule has 0 aromatic carbocycles.